The maximum Gasteiger partial charge on any atom is 0.338 e. The third-order valence-corrected chi connectivity index (χ3v) is 6.81. The molecule has 3 aromatic rings. The van der Waals surface area contributed by atoms with Crippen LogP contribution in [0, 0.1) is 0 Å². The molecule has 9 heteroatoms. The van der Waals surface area contributed by atoms with Crippen LogP contribution in [0.25, 0.3) is 6.08 Å². The van der Waals surface area contributed by atoms with Crippen LogP contribution in [0.4, 0.5) is 0 Å². The van der Waals surface area contributed by atoms with Crippen molar-refractivity contribution in [2.75, 3.05) is 27.4 Å². The number of allylic oxidation sites excluding steroid dienone is 1. The van der Waals surface area contributed by atoms with Crippen LogP contribution in [0.2, 0.25) is 0 Å². The normalized spacial score (nSPS) is 16.0. The van der Waals surface area contributed by atoms with E-state index in [1.165, 1.54) is 18.4 Å². The number of hydrogen-bond donors (Lipinski definition) is 0. The fourth-order valence-corrected chi connectivity index (χ4v) is 5.25. The smallest absolute Gasteiger partial charge is 0.338 e. The monoisotopic (exact) mass is 470 g/mol. The Morgan fingerprint density at radius 3 is 2.62 bits per heavy atom. The average molecular weight is 471 g/mol. The minimum atomic E-state index is -0.655. The summed E-state index contributed by atoms with van der Waals surface area (Å²) in [5.74, 6) is 0.167. The highest BCUT2D eigenvalue weighted by Crippen LogP contribution is 2.31. The molecule has 0 fully saturated rings. The largest absolute Gasteiger partial charge is 0.497 e. The lowest BCUT2D eigenvalue weighted by atomic mass is 9.96. The van der Waals surface area contributed by atoms with Crippen molar-refractivity contribution < 1.29 is 19.0 Å². The lowest BCUT2D eigenvalue weighted by Gasteiger charge is -2.25. The van der Waals surface area contributed by atoms with Gasteiger partial charge in [-0.15, -0.1) is 11.3 Å². The Kier molecular flexibility index (Phi) is 6.69. The number of methoxy groups -OCH3 is 2. The molecule has 0 radical (unpaired) electrons. The first-order valence-electron chi connectivity index (χ1n) is 9.89. The number of hydrogen-bond acceptors (Lipinski definition) is 8. The third kappa shape index (κ3) is 4.32. The highest BCUT2D eigenvalue weighted by atomic mass is 32.1. The Bertz CT molecular complexity index is 1320. The summed E-state index contributed by atoms with van der Waals surface area (Å²) in [4.78, 5) is 32.6. The number of rotatable bonds is 7. The number of carbonyl (C=O) groups is 1. The van der Waals surface area contributed by atoms with Crippen LogP contribution in [-0.2, 0) is 14.3 Å². The molecule has 0 aliphatic carbocycles. The van der Waals surface area contributed by atoms with Crippen molar-refractivity contribution in [1.29, 1.82) is 0 Å². The zero-order valence-corrected chi connectivity index (χ0v) is 19.5. The van der Waals surface area contributed by atoms with Gasteiger partial charge in [-0.2, -0.15) is 0 Å². The van der Waals surface area contributed by atoms with Crippen molar-refractivity contribution in [3.05, 3.63) is 83.2 Å². The number of thiophene rings is 1. The minimum absolute atomic E-state index is 0.115. The first kappa shape index (κ1) is 22.2. The predicted octanol–water partition coefficient (Wildman–Crippen LogP) is 2.49. The van der Waals surface area contributed by atoms with E-state index in [4.69, 9.17) is 14.2 Å². The number of nitrogens with zero attached hydrogens (tertiary/aromatic N) is 2. The second-order valence-corrected chi connectivity index (χ2v) is 8.99. The van der Waals surface area contributed by atoms with E-state index in [1.54, 1.807) is 42.1 Å². The molecule has 1 aliphatic heterocycles. The Morgan fingerprint density at radius 1 is 1.19 bits per heavy atom. The number of benzene rings is 1. The van der Waals surface area contributed by atoms with E-state index in [-0.39, 0.29) is 18.8 Å². The summed E-state index contributed by atoms with van der Waals surface area (Å²) in [5, 5.41) is 1.96. The van der Waals surface area contributed by atoms with Crippen LogP contribution >= 0.6 is 22.7 Å². The van der Waals surface area contributed by atoms with Gasteiger partial charge in [0.1, 0.15) is 12.4 Å². The molecule has 0 saturated carbocycles. The molecular formula is C23H22N2O5S2. The van der Waals surface area contributed by atoms with E-state index >= 15 is 0 Å². The summed E-state index contributed by atoms with van der Waals surface area (Å²) < 4.78 is 17.8. The van der Waals surface area contributed by atoms with Gasteiger partial charge in [-0.1, -0.05) is 29.5 Å². The van der Waals surface area contributed by atoms with Crippen molar-refractivity contribution >= 4 is 34.7 Å². The second-order valence-electron chi connectivity index (χ2n) is 7.00. The van der Waals surface area contributed by atoms with Crippen LogP contribution < -0.4 is 19.6 Å². The first-order chi connectivity index (χ1) is 15.5. The average Bonchev–Trinajstić information content (AvgIpc) is 3.41. The standard InChI is InChI=1S/C23H22N2O5S2/c1-14-19(22(27)30-11-10-28-2)20(15-6-8-16(29-3)9-7-15)25-21(26)18(32-23(25)24-14)13-17-5-4-12-31-17/h4-9,12-13,20H,10-11H2,1-3H3/b18-13+/t20-/m1/s1. The van der Waals surface area contributed by atoms with E-state index in [0.29, 0.717) is 26.4 Å². The minimum Gasteiger partial charge on any atom is -0.497 e. The van der Waals surface area contributed by atoms with Gasteiger partial charge in [-0.05, 0) is 42.1 Å². The Hall–Kier alpha value is -3.01. The van der Waals surface area contributed by atoms with Crippen LogP contribution in [-0.4, -0.2) is 38.0 Å². The number of ether oxygens (including phenoxy) is 3. The van der Waals surface area contributed by atoms with E-state index in [9.17, 15) is 9.59 Å². The topological polar surface area (TPSA) is 79.1 Å². The highest BCUT2D eigenvalue weighted by Gasteiger charge is 2.33. The maximum absolute atomic E-state index is 13.4. The lowest BCUT2D eigenvalue weighted by molar-refractivity contribution is -0.140. The van der Waals surface area contributed by atoms with Gasteiger partial charge in [-0.25, -0.2) is 9.79 Å². The molecule has 1 aliphatic rings. The summed E-state index contributed by atoms with van der Waals surface area (Å²) in [6.45, 7) is 2.16. The summed E-state index contributed by atoms with van der Waals surface area (Å²) >= 11 is 2.86. The molecule has 32 heavy (non-hydrogen) atoms. The van der Waals surface area contributed by atoms with Gasteiger partial charge in [0.2, 0.25) is 0 Å². The molecule has 4 rings (SSSR count). The lowest BCUT2D eigenvalue weighted by Crippen LogP contribution is -2.40. The molecule has 2 aromatic heterocycles. The molecule has 1 aromatic carbocycles. The molecule has 0 spiro atoms. The molecule has 166 valence electrons. The van der Waals surface area contributed by atoms with Gasteiger partial charge >= 0.3 is 5.97 Å². The third-order valence-electron chi connectivity index (χ3n) is 5.01. The van der Waals surface area contributed by atoms with Crippen LogP contribution in [0.15, 0.2) is 62.8 Å². The van der Waals surface area contributed by atoms with Crippen molar-refractivity contribution in [2.45, 2.75) is 13.0 Å². The molecule has 0 bridgehead atoms. The van der Waals surface area contributed by atoms with E-state index in [0.717, 1.165) is 10.4 Å². The van der Waals surface area contributed by atoms with Crippen molar-refractivity contribution in [1.82, 2.24) is 4.57 Å². The number of thiazole rings is 1. The molecule has 0 N–H and O–H groups in total. The predicted molar refractivity (Wildman–Crippen MR) is 124 cm³/mol. The van der Waals surface area contributed by atoms with Crippen molar-refractivity contribution in [3.8, 4) is 5.75 Å². The Balaban J connectivity index is 1.88. The summed E-state index contributed by atoms with van der Waals surface area (Å²) in [5.41, 5.74) is 1.43. The molecule has 0 amide bonds. The number of esters is 1. The molecule has 3 heterocycles. The Labute approximate surface area is 192 Å². The van der Waals surface area contributed by atoms with Crippen LogP contribution in [0.5, 0.6) is 5.75 Å². The van der Waals surface area contributed by atoms with Crippen molar-refractivity contribution in [2.24, 2.45) is 4.99 Å². The van der Waals surface area contributed by atoms with Gasteiger partial charge < -0.3 is 14.2 Å². The van der Waals surface area contributed by atoms with Gasteiger partial charge in [0.25, 0.3) is 5.56 Å². The van der Waals surface area contributed by atoms with E-state index < -0.39 is 12.0 Å². The van der Waals surface area contributed by atoms with Crippen molar-refractivity contribution in [3.63, 3.8) is 0 Å². The van der Waals surface area contributed by atoms with Gasteiger partial charge in [0.15, 0.2) is 4.80 Å². The number of carbonyl (C=O) groups excluding carboxylic acids is 1. The Morgan fingerprint density at radius 2 is 1.97 bits per heavy atom. The second kappa shape index (κ2) is 9.64. The highest BCUT2D eigenvalue weighted by molar-refractivity contribution is 7.11. The summed E-state index contributed by atoms with van der Waals surface area (Å²) in [7, 11) is 3.13. The van der Waals surface area contributed by atoms with E-state index in [1.807, 2.05) is 35.7 Å². The van der Waals surface area contributed by atoms with Crippen LogP contribution in [0.1, 0.15) is 23.4 Å². The number of aromatic nitrogens is 1. The molecule has 7 nitrogen and oxygen atoms in total. The fourth-order valence-electron chi connectivity index (χ4n) is 3.48. The zero-order chi connectivity index (χ0) is 22.7. The van der Waals surface area contributed by atoms with Gasteiger partial charge in [0.05, 0.1) is 35.6 Å². The maximum atomic E-state index is 13.4. The van der Waals surface area contributed by atoms with Gasteiger partial charge in [0, 0.05) is 12.0 Å². The zero-order valence-electron chi connectivity index (χ0n) is 17.9. The summed E-state index contributed by atoms with van der Waals surface area (Å²) in [6.07, 6.45) is 1.86. The number of fused-ring (bicyclic) bond motifs is 1. The first-order valence-corrected chi connectivity index (χ1v) is 11.6. The summed E-state index contributed by atoms with van der Waals surface area (Å²) in [6, 6.07) is 10.5. The quantitative estimate of drug-likeness (QED) is 0.392. The molecular weight excluding hydrogens is 448 g/mol. The SMILES string of the molecule is COCCOC(=O)C1=C(C)N=c2s/c(=C/c3cccs3)c(=O)n2[C@@H]1c1ccc(OC)cc1. The van der Waals surface area contributed by atoms with Crippen LogP contribution in [0.3, 0.4) is 0 Å². The molecule has 0 saturated heterocycles. The molecule has 0 unspecified atom stereocenters. The van der Waals surface area contributed by atoms with E-state index in [2.05, 4.69) is 4.99 Å². The van der Waals surface area contributed by atoms with Gasteiger partial charge in [-0.3, -0.25) is 9.36 Å². The fraction of sp³-hybridized carbons (Fsp3) is 0.261. The molecule has 1 atom stereocenters.